The lowest BCUT2D eigenvalue weighted by Crippen LogP contribution is -2.24. The average Bonchev–Trinajstić information content (AvgIpc) is 3.47. The van der Waals surface area contributed by atoms with Gasteiger partial charge in [-0.25, -0.2) is 9.97 Å². The van der Waals surface area contributed by atoms with Crippen LogP contribution >= 0.6 is 0 Å². The fourth-order valence-corrected chi connectivity index (χ4v) is 3.82. The van der Waals surface area contributed by atoms with E-state index >= 15 is 0 Å². The number of nitrogens with zero attached hydrogens (tertiary/aromatic N) is 6. The zero-order valence-corrected chi connectivity index (χ0v) is 20.2. The molecule has 1 fully saturated rings. The summed E-state index contributed by atoms with van der Waals surface area (Å²) in [5.41, 5.74) is 4.08. The number of anilines is 1. The first-order valence-corrected chi connectivity index (χ1v) is 11.5. The third kappa shape index (κ3) is 6.12. The first kappa shape index (κ1) is 23.7. The van der Waals surface area contributed by atoms with E-state index in [-0.39, 0.29) is 5.78 Å². The number of hydrazone groups is 1. The summed E-state index contributed by atoms with van der Waals surface area (Å²) < 4.78 is 5.82. The third-order valence-corrected chi connectivity index (χ3v) is 5.81. The minimum absolute atomic E-state index is 0.0686. The summed E-state index contributed by atoms with van der Waals surface area (Å²) in [7, 11) is 5.76. The van der Waals surface area contributed by atoms with Crippen molar-refractivity contribution in [2.24, 2.45) is 16.1 Å². The van der Waals surface area contributed by atoms with Crippen molar-refractivity contribution < 1.29 is 14.1 Å². The van der Waals surface area contributed by atoms with E-state index in [4.69, 9.17) is 4.74 Å². The molecule has 1 unspecified atom stereocenters. The molecule has 2 aromatic rings. The van der Waals surface area contributed by atoms with Crippen molar-refractivity contribution >= 4 is 23.4 Å². The number of carbonyl (C=O) groups excluding carboxylic acids is 1. The number of aromatic nitrogens is 2. The van der Waals surface area contributed by atoms with Crippen LogP contribution in [0.15, 0.2) is 58.8 Å². The van der Waals surface area contributed by atoms with Crippen molar-refractivity contribution in [2.75, 3.05) is 46.2 Å². The second-order valence-corrected chi connectivity index (χ2v) is 9.19. The van der Waals surface area contributed by atoms with Crippen molar-refractivity contribution in [1.82, 2.24) is 15.0 Å². The Hall–Kier alpha value is -3.43. The number of hydrogen-bond donors (Lipinski definition) is 1. The van der Waals surface area contributed by atoms with Gasteiger partial charge in [-0.15, -0.1) is 0 Å². The Morgan fingerprint density at radius 3 is 2.74 bits per heavy atom. The minimum atomic E-state index is -0.0686. The smallest absolute Gasteiger partial charge is 0.176 e. The van der Waals surface area contributed by atoms with Crippen LogP contribution in [0.1, 0.15) is 18.9 Å². The van der Waals surface area contributed by atoms with E-state index in [1.807, 2.05) is 51.6 Å². The fourth-order valence-electron chi connectivity index (χ4n) is 3.82. The first-order valence-electron chi connectivity index (χ1n) is 11.5. The predicted molar refractivity (Wildman–Crippen MR) is 133 cm³/mol. The number of rotatable bonds is 9. The largest absolute Gasteiger partial charge is 0.382 e. The monoisotopic (exact) mass is 462 g/mol. The van der Waals surface area contributed by atoms with Gasteiger partial charge in [-0.05, 0) is 18.1 Å². The molecule has 1 aromatic heterocycles. The van der Waals surface area contributed by atoms with Crippen LogP contribution in [0.25, 0.3) is 11.4 Å². The number of quaternary nitrogens is 1. The predicted octanol–water partition coefficient (Wildman–Crippen LogP) is 2.93. The molecule has 1 saturated heterocycles. The highest BCUT2D eigenvalue weighted by atomic mass is 16.5. The second-order valence-electron chi connectivity index (χ2n) is 9.19. The minimum Gasteiger partial charge on any atom is -0.382 e. The highest BCUT2D eigenvalue weighted by Crippen LogP contribution is 2.20. The van der Waals surface area contributed by atoms with Gasteiger partial charge in [0.15, 0.2) is 11.6 Å². The molecule has 2 aliphatic heterocycles. The number of ether oxygens (including phenoxy) is 1. The van der Waals surface area contributed by atoms with E-state index in [1.165, 1.54) is 0 Å². The lowest BCUT2D eigenvalue weighted by molar-refractivity contribution is -0.843. The molecule has 9 heteroatoms. The van der Waals surface area contributed by atoms with E-state index in [1.54, 1.807) is 30.5 Å². The normalized spacial score (nSPS) is 19.2. The zero-order valence-electron chi connectivity index (χ0n) is 20.2. The van der Waals surface area contributed by atoms with Crippen LogP contribution in [0.5, 0.6) is 0 Å². The molecule has 178 valence electrons. The van der Waals surface area contributed by atoms with Crippen LogP contribution in [0.2, 0.25) is 0 Å². The highest BCUT2D eigenvalue weighted by molar-refractivity contribution is 6.39. The number of benzene rings is 1. The quantitative estimate of drug-likeness (QED) is 0.350. The zero-order chi connectivity index (χ0) is 24.1. The Labute approximate surface area is 200 Å². The fraction of sp³-hybridized carbons (Fsp3) is 0.400. The van der Waals surface area contributed by atoms with Crippen molar-refractivity contribution in [3.8, 4) is 11.4 Å². The van der Waals surface area contributed by atoms with E-state index in [0.717, 1.165) is 48.7 Å². The molecule has 0 aliphatic carbocycles. The highest BCUT2D eigenvalue weighted by Gasteiger charge is 2.22. The maximum atomic E-state index is 12.3. The van der Waals surface area contributed by atoms with Crippen molar-refractivity contribution in [1.29, 1.82) is 0 Å². The number of carbonyl (C=O) groups is 1. The van der Waals surface area contributed by atoms with E-state index in [9.17, 15) is 4.79 Å². The van der Waals surface area contributed by atoms with Crippen LogP contribution < -0.4 is 5.32 Å². The summed E-state index contributed by atoms with van der Waals surface area (Å²) >= 11 is 0. The number of hydrogen-bond acceptors (Lipinski definition) is 8. The second kappa shape index (κ2) is 10.2. The summed E-state index contributed by atoms with van der Waals surface area (Å²) in [5, 5.41) is 14.0. The maximum absolute atomic E-state index is 12.3. The maximum Gasteiger partial charge on any atom is 0.176 e. The van der Waals surface area contributed by atoms with Crippen LogP contribution in [0, 0.1) is 5.92 Å². The van der Waals surface area contributed by atoms with E-state index < -0.39 is 0 Å². The van der Waals surface area contributed by atoms with Gasteiger partial charge in [0.05, 0.1) is 38.8 Å². The van der Waals surface area contributed by atoms with E-state index in [2.05, 4.69) is 25.5 Å². The van der Waals surface area contributed by atoms with Gasteiger partial charge in [-0.1, -0.05) is 23.3 Å². The van der Waals surface area contributed by atoms with Crippen molar-refractivity contribution in [3.05, 3.63) is 54.1 Å². The van der Waals surface area contributed by atoms with Crippen LogP contribution in [-0.2, 0) is 16.0 Å². The summed E-state index contributed by atoms with van der Waals surface area (Å²) in [6, 6.07) is 7.91. The molecule has 1 aromatic carbocycles. The first-order chi connectivity index (χ1) is 16.3. The van der Waals surface area contributed by atoms with Crippen molar-refractivity contribution in [3.63, 3.8) is 0 Å². The molecular weight excluding hydrogens is 430 g/mol. The standard InChI is InChI=1S/C25H32N7O2/c1-18(33)24(30-31(2)23-15-29-32(3,4)16-23)11-19-6-5-7-21(10-19)25-27-13-22(14-28-25)26-12-20-8-9-34-17-20/h5-7,10,13-16,20,26H,8-9,11-12,17H2,1-4H3/q+1. The molecule has 0 bridgehead atoms. The molecule has 0 amide bonds. The van der Waals surface area contributed by atoms with Gasteiger partial charge in [-0.2, -0.15) is 9.69 Å². The molecule has 1 N–H and O–H groups in total. The number of allylic oxidation sites excluding steroid dienone is 1. The lowest BCUT2D eigenvalue weighted by Gasteiger charge is -2.15. The molecule has 34 heavy (non-hydrogen) atoms. The van der Waals surface area contributed by atoms with Gasteiger partial charge >= 0.3 is 0 Å². The van der Waals surface area contributed by atoms with Gasteiger partial charge in [0.1, 0.15) is 23.8 Å². The number of ketones is 1. The van der Waals surface area contributed by atoms with Crippen LogP contribution in [-0.4, -0.2) is 78.2 Å². The Morgan fingerprint density at radius 1 is 1.29 bits per heavy atom. The molecule has 1 atom stereocenters. The molecule has 0 radical (unpaired) electrons. The number of nitrogens with one attached hydrogen (secondary N) is 1. The number of Topliss-reactive ketones (excluding diaryl/α,β-unsaturated/α-hetero) is 1. The Bertz CT molecular complexity index is 1120. The summed E-state index contributed by atoms with van der Waals surface area (Å²) in [6.45, 7) is 4.05. The van der Waals surface area contributed by atoms with Gasteiger partial charge in [0.25, 0.3) is 0 Å². The molecule has 3 heterocycles. The third-order valence-electron chi connectivity index (χ3n) is 5.81. The Morgan fingerprint density at radius 2 is 2.09 bits per heavy atom. The average molecular weight is 463 g/mol. The Balaban J connectivity index is 1.44. The molecule has 9 nitrogen and oxygen atoms in total. The van der Waals surface area contributed by atoms with Gasteiger partial charge < -0.3 is 10.1 Å². The van der Waals surface area contributed by atoms with Crippen molar-refractivity contribution in [2.45, 2.75) is 19.8 Å². The lowest BCUT2D eigenvalue weighted by atomic mass is 10.0. The molecule has 0 saturated carbocycles. The van der Waals surface area contributed by atoms with E-state index in [0.29, 0.717) is 28.5 Å². The summed E-state index contributed by atoms with van der Waals surface area (Å²) in [6.07, 6.45) is 8.85. The molecular formula is C25H32N7O2+. The van der Waals surface area contributed by atoms with Crippen LogP contribution in [0.3, 0.4) is 0 Å². The summed E-state index contributed by atoms with van der Waals surface area (Å²) in [4.78, 5) is 21.4. The summed E-state index contributed by atoms with van der Waals surface area (Å²) in [5.74, 6) is 1.11. The SMILES string of the molecule is CC(=O)C(Cc1cccc(-c2ncc(NCC3CCOC3)cn2)c1)=NN(C)C1=C[N+](C)(C)N=C1. The topological polar surface area (TPSA) is 92.1 Å². The molecule has 4 rings (SSSR count). The van der Waals surface area contributed by atoms with Gasteiger partial charge in [-0.3, -0.25) is 9.80 Å². The molecule has 0 spiro atoms. The molecule has 2 aliphatic rings. The van der Waals surface area contributed by atoms with Gasteiger partial charge in [0.2, 0.25) is 0 Å². The Kier molecular flexibility index (Phi) is 7.14. The van der Waals surface area contributed by atoms with Gasteiger partial charge in [0, 0.05) is 45.0 Å². The van der Waals surface area contributed by atoms with Crippen LogP contribution in [0.4, 0.5) is 5.69 Å².